The Balaban J connectivity index is 1.27. The van der Waals surface area contributed by atoms with Gasteiger partial charge < -0.3 is 24.1 Å². The number of nitrogens with one attached hydrogen (secondary N) is 1. The number of fused-ring (bicyclic) bond motifs is 1. The highest BCUT2D eigenvalue weighted by Gasteiger charge is 2.13. The predicted molar refractivity (Wildman–Crippen MR) is 111 cm³/mol. The quantitative estimate of drug-likeness (QED) is 0.594. The number of carbonyl (C=O) groups excluding carboxylic acids is 1. The lowest BCUT2D eigenvalue weighted by molar-refractivity contribution is -0.121. The van der Waals surface area contributed by atoms with Gasteiger partial charge in [-0.3, -0.25) is 9.59 Å². The van der Waals surface area contributed by atoms with Crippen molar-refractivity contribution in [1.82, 2.24) is 14.9 Å². The van der Waals surface area contributed by atoms with E-state index in [1.807, 2.05) is 31.2 Å². The van der Waals surface area contributed by atoms with Gasteiger partial charge in [0.05, 0.1) is 0 Å². The van der Waals surface area contributed by atoms with E-state index in [-0.39, 0.29) is 24.0 Å². The third-order valence-corrected chi connectivity index (χ3v) is 5.53. The average Bonchev–Trinajstić information content (AvgIpc) is 3.35. The maximum absolute atomic E-state index is 12.1. The summed E-state index contributed by atoms with van der Waals surface area (Å²) in [6.45, 7) is 3.17. The van der Waals surface area contributed by atoms with Crippen LogP contribution >= 0.6 is 11.3 Å². The number of hydrogen-bond donors (Lipinski definition) is 1. The van der Waals surface area contributed by atoms with E-state index in [4.69, 9.17) is 14.2 Å². The Morgan fingerprint density at radius 2 is 2.10 bits per heavy atom. The molecule has 1 aliphatic heterocycles. The number of aromatic nitrogens is 2. The fourth-order valence-electron chi connectivity index (χ4n) is 3.00. The van der Waals surface area contributed by atoms with E-state index in [1.54, 1.807) is 22.2 Å². The third kappa shape index (κ3) is 4.80. The van der Waals surface area contributed by atoms with Crippen LogP contribution in [0.15, 0.2) is 46.7 Å². The molecular weight excluding hydrogens is 406 g/mol. The Labute approximate surface area is 177 Å². The van der Waals surface area contributed by atoms with Crippen molar-refractivity contribution in [1.29, 1.82) is 0 Å². The van der Waals surface area contributed by atoms with Crippen LogP contribution in [0.1, 0.15) is 23.2 Å². The van der Waals surface area contributed by atoms with E-state index in [1.165, 1.54) is 0 Å². The van der Waals surface area contributed by atoms with E-state index in [0.29, 0.717) is 31.3 Å². The van der Waals surface area contributed by atoms with Crippen LogP contribution in [0, 0.1) is 6.92 Å². The minimum absolute atomic E-state index is 0.0429. The van der Waals surface area contributed by atoms with Gasteiger partial charge in [0.25, 0.3) is 0 Å². The molecule has 1 aliphatic rings. The first-order valence-electron chi connectivity index (χ1n) is 9.46. The second kappa shape index (κ2) is 9.00. The molecule has 1 aromatic carbocycles. The van der Waals surface area contributed by atoms with Gasteiger partial charge in [-0.05, 0) is 36.2 Å². The van der Waals surface area contributed by atoms with Crippen LogP contribution in [0.25, 0.3) is 0 Å². The summed E-state index contributed by atoms with van der Waals surface area (Å²) in [5.74, 6) is 1.79. The summed E-state index contributed by atoms with van der Waals surface area (Å²) in [5.41, 5.74) is 2.69. The molecule has 0 saturated heterocycles. The highest BCUT2D eigenvalue weighted by Crippen LogP contribution is 2.32. The predicted octanol–water partition coefficient (Wildman–Crippen LogP) is 2.63. The normalized spacial score (nSPS) is 12.0. The minimum atomic E-state index is -0.118. The third-order valence-electron chi connectivity index (χ3n) is 4.65. The molecule has 8 nitrogen and oxygen atoms in total. The Bertz CT molecular complexity index is 1110. The van der Waals surface area contributed by atoms with Crippen LogP contribution in [0.4, 0.5) is 0 Å². The summed E-state index contributed by atoms with van der Waals surface area (Å²) >= 11 is 1.14. The molecule has 1 N–H and O–H groups in total. The maximum atomic E-state index is 12.1. The van der Waals surface area contributed by atoms with E-state index in [0.717, 1.165) is 33.9 Å². The second-order valence-corrected chi connectivity index (χ2v) is 7.62. The number of rotatable bonds is 8. The molecule has 156 valence electrons. The zero-order valence-electron chi connectivity index (χ0n) is 16.4. The molecule has 2 aromatic heterocycles. The van der Waals surface area contributed by atoms with Crippen LogP contribution in [0.5, 0.6) is 17.4 Å². The Kier molecular flexibility index (Phi) is 5.99. The van der Waals surface area contributed by atoms with Gasteiger partial charge in [-0.2, -0.15) is 0 Å². The van der Waals surface area contributed by atoms with Gasteiger partial charge in [0.2, 0.25) is 18.6 Å². The lowest BCUT2D eigenvalue weighted by Crippen LogP contribution is -2.26. The molecule has 0 bridgehead atoms. The van der Waals surface area contributed by atoms with Gasteiger partial charge in [-0.1, -0.05) is 17.4 Å². The monoisotopic (exact) mass is 427 g/mol. The van der Waals surface area contributed by atoms with Gasteiger partial charge >= 0.3 is 4.87 Å². The molecule has 1 amide bonds. The number of amides is 1. The summed E-state index contributed by atoms with van der Waals surface area (Å²) in [7, 11) is 0. The maximum Gasteiger partial charge on any atom is 0.307 e. The van der Waals surface area contributed by atoms with E-state index in [2.05, 4.69) is 10.3 Å². The fourth-order valence-corrected chi connectivity index (χ4v) is 3.77. The number of hydrogen-bond acceptors (Lipinski definition) is 7. The fraction of sp³-hybridized carbons (Fsp3) is 0.286. The molecule has 30 heavy (non-hydrogen) atoms. The number of thiazole rings is 1. The van der Waals surface area contributed by atoms with Crippen molar-refractivity contribution in [2.45, 2.75) is 33.0 Å². The van der Waals surface area contributed by atoms with Crippen molar-refractivity contribution >= 4 is 17.2 Å². The van der Waals surface area contributed by atoms with Gasteiger partial charge in [0.1, 0.15) is 6.61 Å². The van der Waals surface area contributed by atoms with Crippen molar-refractivity contribution in [3.05, 3.63) is 68.4 Å². The number of carbonyl (C=O) groups is 1. The van der Waals surface area contributed by atoms with Crippen molar-refractivity contribution in [3.8, 4) is 17.4 Å². The van der Waals surface area contributed by atoms with Crippen LogP contribution < -0.4 is 24.4 Å². The van der Waals surface area contributed by atoms with Crippen LogP contribution in [-0.4, -0.2) is 22.3 Å². The molecule has 0 aliphatic carbocycles. The minimum Gasteiger partial charge on any atom is -0.473 e. The number of ether oxygens (including phenoxy) is 3. The smallest absolute Gasteiger partial charge is 0.307 e. The van der Waals surface area contributed by atoms with Crippen molar-refractivity contribution in [2.75, 3.05) is 6.79 Å². The molecule has 0 unspecified atom stereocenters. The first-order chi connectivity index (χ1) is 14.6. The topological polar surface area (TPSA) is 91.7 Å². The Hall–Kier alpha value is -3.33. The lowest BCUT2D eigenvalue weighted by Gasteiger charge is -2.09. The molecular formula is C21H21N3O5S. The summed E-state index contributed by atoms with van der Waals surface area (Å²) in [4.78, 5) is 28.0. The molecule has 3 heterocycles. The largest absolute Gasteiger partial charge is 0.473 e. The zero-order chi connectivity index (χ0) is 20.9. The van der Waals surface area contributed by atoms with Crippen molar-refractivity contribution in [2.24, 2.45) is 0 Å². The SMILES string of the molecule is Cc1csc(=O)n1CCC(=O)NCc1ccnc(OCc2ccc3c(c2)OCO3)c1. The number of pyridine rings is 1. The van der Waals surface area contributed by atoms with Crippen molar-refractivity contribution in [3.63, 3.8) is 0 Å². The van der Waals surface area contributed by atoms with Crippen LogP contribution in [0.2, 0.25) is 0 Å². The number of nitrogens with zero attached hydrogens (tertiary/aromatic N) is 2. The van der Waals surface area contributed by atoms with Gasteiger partial charge in [0, 0.05) is 42.8 Å². The molecule has 4 rings (SSSR count). The molecule has 0 fully saturated rings. The molecule has 3 aromatic rings. The van der Waals surface area contributed by atoms with E-state index < -0.39 is 0 Å². The molecule has 0 atom stereocenters. The summed E-state index contributed by atoms with van der Waals surface area (Å²) in [6.07, 6.45) is 1.89. The lowest BCUT2D eigenvalue weighted by atomic mass is 10.2. The molecule has 0 radical (unpaired) electrons. The molecule has 0 spiro atoms. The van der Waals surface area contributed by atoms with Gasteiger partial charge in [-0.25, -0.2) is 4.98 Å². The highest BCUT2D eigenvalue weighted by atomic mass is 32.1. The first kappa shape index (κ1) is 20.0. The van der Waals surface area contributed by atoms with Crippen LogP contribution in [-0.2, 0) is 24.5 Å². The van der Waals surface area contributed by atoms with Gasteiger partial charge in [0.15, 0.2) is 11.5 Å². The number of aryl methyl sites for hydroxylation is 1. The highest BCUT2D eigenvalue weighted by molar-refractivity contribution is 7.07. The zero-order valence-corrected chi connectivity index (χ0v) is 17.2. The summed E-state index contributed by atoms with van der Waals surface area (Å²) in [6, 6.07) is 9.26. The molecule has 9 heteroatoms. The average molecular weight is 427 g/mol. The standard InChI is InChI=1S/C21H21N3O5S/c1-14-12-30-21(26)24(14)7-5-19(25)23-10-15-4-6-22-20(9-15)27-11-16-2-3-17-18(8-16)29-13-28-17/h2-4,6,8-9,12H,5,7,10-11,13H2,1H3,(H,23,25). The molecule has 0 saturated carbocycles. The summed E-state index contributed by atoms with van der Waals surface area (Å²) in [5, 5.41) is 4.66. The number of benzene rings is 1. The van der Waals surface area contributed by atoms with Gasteiger partial charge in [-0.15, -0.1) is 0 Å². The Morgan fingerprint density at radius 3 is 2.93 bits per heavy atom. The van der Waals surface area contributed by atoms with E-state index in [9.17, 15) is 9.59 Å². The summed E-state index contributed by atoms with van der Waals surface area (Å²) < 4.78 is 18.0. The second-order valence-electron chi connectivity index (χ2n) is 6.80. The van der Waals surface area contributed by atoms with Crippen LogP contribution in [0.3, 0.4) is 0 Å². The van der Waals surface area contributed by atoms with E-state index >= 15 is 0 Å². The first-order valence-corrected chi connectivity index (χ1v) is 10.3. The van der Waals surface area contributed by atoms with Crippen molar-refractivity contribution < 1.29 is 19.0 Å². The Morgan fingerprint density at radius 1 is 1.23 bits per heavy atom.